The zero-order valence-corrected chi connectivity index (χ0v) is 21.1. The molecule has 10 nitrogen and oxygen atoms in total. The van der Waals surface area contributed by atoms with Gasteiger partial charge in [-0.3, -0.25) is 18.8 Å². The molecule has 1 amide bonds. The smallest absolute Gasteiger partial charge is 0.335 e. The Hall–Kier alpha value is -4.31. The highest BCUT2D eigenvalue weighted by Crippen LogP contribution is 2.27. The number of aryl methyl sites for hydroxylation is 2. The number of carboxylic acids is 1. The van der Waals surface area contributed by atoms with Crippen molar-refractivity contribution in [1.29, 1.82) is 0 Å². The Morgan fingerprint density at radius 3 is 2.34 bits per heavy atom. The van der Waals surface area contributed by atoms with Crippen molar-refractivity contribution >= 4 is 22.9 Å². The Labute approximate surface area is 218 Å². The van der Waals surface area contributed by atoms with Gasteiger partial charge < -0.3 is 15.1 Å². The first-order valence-corrected chi connectivity index (χ1v) is 12.5. The number of aromatic carboxylic acids is 1. The Kier molecular flexibility index (Phi) is 6.81. The summed E-state index contributed by atoms with van der Waals surface area (Å²) < 4.78 is 2.92. The first-order chi connectivity index (χ1) is 18.2. The van der Waals surface area contributed by atoms with E-state index in [-0.39, 0.29) is 29.1 Å². The SMILES string of the molecule is Cn1nc2c(=O)n(CC3(O)CCN(C(=O)CCc4ccccc4)CC3)cnc2c1-c1ccc(C(=O)O)cc1. The maximum absolute atomic E-state index is 13.3. The number of hydrogen-bond acceptors (Lipinski definition) is 6. The lowest BCUT2D eigenvalue weighted by atomic mass is 9.91. The van der Waals surface area contributed by atoms with Crippen LogP contribution in [0.2, 0.25) is 0 Å². The van der Waals surface area contributed by atoms with Crippen LogP contribution in [0.3, 0.4) is 0 Å². The molecular weight excluding hydrogens is 486 g/mol. The monoisotopic (exact) mass is 515 g/mol. The number of aromatic nitrogens is 4. The molecule has 0 radical (unpaired) electrons. The van der Waals surface area contributed by atoms with E-state index in [1.165, 1.54) is 23.0 Å². The standard InChI is InChI=1S/C28H29N5O5/c1-31-25(20-8-10-21(11-9-20)27(36)37)23-24(30-31)26(35)33(18-29-23)17-28(38)13-15-32(16-14-28)22(34)12-7-19-5-3-2-4-6-19/h2-6,8-11,18,38H,7,12-17H2,1H3,(H,36,37). The Balaban J connectivity index is 1.28. The molecule has 0 unspecified atom stereocenters. The maximum atomic E-state index is 13.3. The van der Waals surface area contributed by atoms with Gasteiger partial charge in [-0.2, -0.15) is 5.10 Å². The predicted molar refractivity (Wildman–Crippen MR) is 141 cm³/mol. The van der Waals surface area contributed by atoms with E-state index in [4.69, 9.17) is 5.11 Å². The molecule has 4 aromatic rings. The predicted octanol–water partition coefficient (Wildman–Crippen LogP) is 2.48. The normalized spacial score (nSPS) is 15.1. The van der Waals surface area contributed by atoms with Crippen molar-refractivity contribution in [2.24, 2.45) is 7.05 Å². The van der Waals surface area contributed by atoms with Gasteiger partial charge in [0.1, 0.15) is 5.52 Å². The molecule has 0 spiro atoms. The second kappa shape index (κ2) is 10.2. The third kappa shape index (κ3) is 5.08. The molecule has 10 heteroatoms. The lowest BCUT2D eigenvalue weighted by Crippen LogP contribution is -2.49. The van der Waals surface area contributed by atoms with E-state index in [0.717, 1.165) is 5.56 Å². The Morgan fingerprint density at radius 1 is 1.00 bits per heavy atom. The van der Waals surface area contributed by atoms with Crippen molar-refractivity contribution in [3.8, 4) is 11.3 Å². The minimum absolute atomic E-state index is 0.0556. The van der Waals surface area contributed by atoms with Crippen molar-refractivity contribution in [3.63, 3.8) is 0 Å². The maximum Gasteiger partial charge on any atom is 0.335 e. The van der Waals surface area contributed by atoms with Crippen molar-refractivity contribution < 1.29 is 19.8 Å². The van der Waals surface area contributed by atoms with Crippen LogP contribution in [0, 0.1) is 0 Å². The highest BCUT2D eigenvalue weighted by atomic mass is 16.4. The van der Waals surface area contributed by atoms with E-state index in [2.05, 4.69) is 10.1 Å². The largest absolute Gasteiger partial charge is 0.478 e. The van der Waals surface area contributed by atoms with Gasteiger partial charge in [0.05, 0.1) is 29.7 Å². The average Bonchev–Trinajstić information content (AvgIpc) is 3.26. The number of carbonyl (C=O) groups excluding carboxylic acids is 1. The Bertz CT molecular complexity index is 1530. The topological polar surface area (TPSA) is 131 Å². The molecule has 2 N–H and O–H groups in total. The van der Waals surface area contributed by atoms with Crippen LogP contribution >= 0.6 is 0 Å². The van der Waals surface area contributed by atoms with Gasteiger partial charge in [0.2, 0.25) is 5.91 Å². The first-order valence-electron chi connectivity index (χ1n) is 12.5. The summed E-state index contributed by atoms with van der Waals surface area (Å²) >= 11 is 0. The summed E-state index contributed by atoms with van der Waals surface area (Å²) in [5, 5.41) is 24.8. The molecule has 2 aromatic heterocycles. The zero-order chi connectivity index (χ0) is 26.9. The molecule has 1 aliphatic rings. The second-order valence-corrected chi connectivity index (χ2v) is 9.82. The van der Waals surface area contributed by atoms with E-state index < -0.39 is 11.6 Å². The van der Waals surface area contributed by atoms with Crippen LogP contribution in [0.4, 0.5) is 0 Å². The fourth-order valence-electron chi connectivity index (χ4n) is 5.00. The van der Waals surface area contributed by atoms with Gasteiger partial charge in [-0.25, -0.2) is 9.78 Å². The van der Waals surface area contributed by atoms with Crippen LogP contribution in [0.5, 0.6) is 0 Å². The summed E-state index contributed by atoms with van der Waals surface area (Å²) in [5.41, 5.74) is 1.63. The summed E-state index contributed by atoms with van der Waals surface area (Å²) in [6, 6.07) is 16.2. The van der Waals surface area contributed by atoms with Gasteiger partial charge >= 0.3 is 5.97 Å². The molecule has 2 aromatic carbocycles. The molecule has 0 atom stereocenters. The molecule has 0 aliphatic carbocycles. The molecule has 0 bridgehead atoms. The highest BCUT2D eigenvalue weighted by Gasteiger charge is 2.35. The number of fused-ring (bicyclic) bond motifs is 1. The van der Waals surface area contributed by atoms with Crippen LogP contribution < -0.4 is 5.56 Å². The van der Waals surface area contributed by atoms with E-state index >= 15 is 0 Å². The number of rotatable bonds is 7. The van der Waals surface area contributed by atoms with Crippen LogP contribution in [0.1, 0.15) is 35.2 Å². The van der Waals surface area contributed by atoms with Crippen LogP contribution in [0.25, 0.3) is 22.3 Å². The fraction of sp³-hybridized carbons (Fsp3) is 0.321. The van der Waals surface area contributed by atoms with Gasteiger partial charge in [-0.05, 0) is 37.0 Å². The molecule has 3 heterocycles. The summed E-state index contributed by atoms with van der Waals surface area (Å²) in [4.78, 5) is 43.4. The molecular formula is C28H29N5O5. The van der Waals surface area contributed by atoms with Gasteiger partial charge in [-0.15, -0.1) is 0 Å². The number of carbonyl (C=O) groups is 2. The van der Waals surface area contributed by atoms with Crippen LogP contribution in [0.15, 0.2) is 65.7 Å². The van der Waals surface area contributed by atoms with E-state index in [9.17, 15) is 19.5 Å². The van der Waals surface area contributed by atoms with Crippen LogP contribution in [-0.2, 0) is 24.8 Å². The number of nitrogens with zero attached hydrogens (tertiary/aromatic N) is 5. The third-order valence-electron chi connectivity index (χ3n) is 7.20. The summed E-state index contributed by atoms with van der Waals surface area (Å²) in [6.45, 7) is 0.906. The first kappa shape index (κ1) is 25.3. The third-order valence-corrected chi connectivity index (χ3v) is 7.20. The van der Waals surface area contributed by atoms with Gasteiger partial charge in [0, 0.05) is 32.1 Å². The fourth-order valence-corrected chi connectivity index (χ4v) is 5.00. The Morgan fingerprint density at radius 2 is 1.68 bits per heavy atom. The molecule has 0 saturated carbocycles. The highest BCUT2D eigenvalue weighted by molar-refractivity contribution is 5.91. The van der Waals surface area contributed by atoms with E-state index in [0.29, 0.717) is 55.5 Å². The van der Waals surface area contributed by atoms with Crippen molar-refractivity contribution in [1.82, 2.24) is 24.2 Å². The summed E-state index contributed by atoms with van der Waals surface area (Å²) in [7, 11) is 1.70. The van der Waals surface area contributed by atoms with E-state index in [1.807, 2.05) is 30.3 Å². The molecule has 38 heavy (non-hydrogen) atoms. The number of carboxylic acid groups (broad SMARTS) is 1. The minimum atomic E-state index is -1.14. The van der Waals surface area contributed by atoms with Gasteiger partial charge in [0.15, 0.2) is 5.52 Å². The lowest BCUT2D eigenvalue weighted by molar-refractivity contribution is -0.135. The number of piperidine rings is 1. The summed E-state index contributed by atoms with van der Waals surface area (Å²) in [6.07, 6.45) is 3.23. The summed E-state index contributed by atoms with van der Waals surface area (Å²) in [5.74, 6) is -0.957. The number of likely N-dealkylation sites (tertiary alicyclic amines) is 1. The van der Waals surface area contributed by atoms with Crippen molar-refractivity contribution in [2.45, 2.75) is 37.8 Å². The average molecular weight is 516 g/mol. The molecule has 196 valence electrons. The number of aliphatic hydroxyl groups is 1. The second-order valence-electron chi connectivity index (χ2n) is 9.82. The van der Waals surface area contributed by atoms with Crippen LogP contribution in [-0.4, -0.2) is 65.0 Å². The number of amides is 1. The van der Waals surface area contributed by atoms with Crippen molar-refractivity contribution in [3.05, 3.63) is 82.4 Å². The van der Waals surface area contributed by atoms with Gasteiger partial charge in [-0.1, -0.05) is 42.5 Å². The minimum Gasteiger partial charge on any atom is -0.478 e. The van der Waals surface area contributed by atoms with Gasteiger partial charge in [0.25, 0.3) is 5.56 Å². The molecule has 1 saturated heterocycles. The molecule has 1 aliphatic heterocycles. The number of benzene rings is 2. The molecule has 5 rings (SSSR count). The number of hydrogen-bond donors (Lipinski definition) is 2. The molecule has 1 fully saturated rings. The zero-order valence-electron chi connectivity index (χ0n) is 21.1. The van der Waals surface area contributed by atoms with Crippen molar-refractivity contribution in [2.75, 3.05) is 13.1 Å². The quantitative estimate of drug-likeness (QED) is 0.387. The lowest BCUT2D eigenvalue weighted by Gasteiger charge is -2.38. The van der Waals surface area contributed by atoms with E-state index in [1.54, 1.807) is 28.8 Å².